The Hall–Kier alpha value is -2.53. The molecule has 0 unspecified atom stereocenters. The van der Waals surface area contributed by atoms with Crippen molar-refractivity contribution in [3.63, 3.8) is 0 Å². The van der Waals surface area contributed by atoms with Crippen LogP contribution in [0.1, 0.15) is 23.0 Å². The van der Waals surface area contributed by atoms with Crippen molar-refractivity contribution < 1.29 is 13.9 Å². The van der Waals surface area contributed by atoms with Crippen LogP contribution in [0.5, 0.6) is 5.75 Å². The second-order valence-corrected chi connectivity index (χ2v) is 5.80. The van der Waals surface area contributed by atoms with Gasteiger partial charge in [0, 0.05) is 0 Å². The molecule has 0 fully saturated rings. The molecular weight excluding hydrogens is 310 g/mol. The van der Waals surface area contributed by atoms with E-state index >= 15 is 0 Å². The Morgan fingerprint density at radius 1 is 1.17 bits per heavy atom. The molecule has 5 heteroatoms. The number of para-hydroxylation sites is 1. The lowest BCUT2D eigenvalue weighted by atomic mass is 10.2. The summed E-state index contributed by atoms with van der Waals surface area (Å²) in [6.07, 6.45) is 0. The third-order valence-corrected chi connectivity index (χ3v) is 4.16. The number of carbonyl (C=O) groups excluding carboxylic acids is 1. The Labute approximate surface area is 138 Å². The lowest BCUT2D eigenvalue weighted by molar-refractivity contribution is 0.0944. The summed E-state index contributed by atoms with van der Waals surface area (Å²) >= 11 is 1.62. The predicted molar refractivity (Wildman–Crippen MR) is 90.8 cm³/mol. The zero-order valence-corrected chi connectivity index (χ0v) is 13.6. The second-order valence-electron chi connectivity index (χ2n) is 4.86. The topological polar surface area (TPSA) is 51.5 Å². The molecule has 4 nitrogen and oxygen atoms in total. The van der Waals surface area contributed by atoms with E-state index in [0.717, 1.165) is 16.4 Å². The second kappa shape index (κ2) is 7.15. The molecule has 2 heterocycles. The van der Waals surface area contributed by atoms with Crippen LogP contribution in [-0.4, -0.2) is 12.5 Å². The molecule has 0 saturated carbocycles. The fraction of sp³-hybridized carbons (Fsp3) is 0.167. The molecule has 118 valence electrons. The number of hydrogen-bond acceptors (Lipinski definition) is 4. The molecular formula is C18H17NO3S. The molecule has 3 rings (SSSR count). The maximum absolute atomic E-state index is 12.3. The maximum Gasteiger partial charge on any atom is 0.255 e. The highest BCUT2D eigenvalue weighted by atomic mass is 32.1. The first-order valence-corrected chi connectivity index (χ1v) is 8.28. The minimum atomic E-state index is -0.178. The standard InChI is InChI=1S/C18H17NO3S/c1-2-21-15-7-4-3-6-14(15)18(20)19-12-13-9-10-16(22-13)17-8-5-11-23-17/h3-11H,2,12H2,1H3,(H,19,20). The number of furan rings is 1. The normalized spacial score (nSPS) is 10.5. The summed E-state index contributed by atoms with van der Waals surface area (Å²) in [4.78, 5) is 13.4. The number of rotatable bonds is 6. The minimum absolute atomic E-state index is 0.178. The van der Waals surface area contributed by atoms with Crippen molar-refractivity contribution in [1.29, 1.82) is 0 Å². The van der Waals surface area contributed by atoms with Crippen molar-refractivity contribution in [2.45, 2.75) is 13.5 Å². The van der Waals surface area contributed by atoms with Crippen LogP contribution in [0.3, 0.4) is 0 Å². The summed E-state index contributed by atoms with van der Waals surface area (Å²) in [6.45, 7) is 2.75. The van der Waals surface area contributed by atoms with Gasteiger partial charge in [-0.2, -0.15) is 0 Å². The minimum Gasteiger partial charge on any atom is -0.493 e. The Morgan fingerprint density at radius 3 is 2.83 bits per heavy atom. The first kappa shape index (κ1) is 15.4. The molecule has 0 aliphatic rings. The smallest absolute Gasteiger partial charge is 0.255 e. The van der Waals surface area contributed by atoms with Crippen LogP contribution in [0.25, 0.3) is 10.6 Å². The van der Waals surface area contributed by atoms with E-state index in [2.05, 4.69) is 5.32 Å². The third kappa shape index (κ3) is 3.63. The first-order valence-electron chi connectivity index (χ1n) is 7.40. The van der Waals surface area contributed by atoms with Crippen molar-refractivity contribution in [2.75, 3.05) is 6.61 Å². The molecule has 1 aromatic carbocycles. The van der Waals surface area contributed by atoms with Crippen LogP contribution in [-0.2, 0) is 6.54 Å². The number of hydrogen-bond donors (Lipinski definition) is 1. The van der Waals surface area contributed by atoms with Crippen molar-refractivity contribution in [3.8, 4) is 16.4 Å². The van der Waals surface area contributed by atoms with Crippen LogP contribution >= 0.6 is 11.3 Å². The van der Waals surface area contributed by atoms with E-state index in [1.165, 1.54) is 0 Å². The van der Waals surface area contributed by atoms with Crippen LogP contribution in [0.4, 0.5) is 0 Å². The van der Waals surface area contributed by atoms with Gasteiger partial charge in [0.25, 0.3) is 5.91 Å². The van der Waals surface area contributed by atoms with Crippen LogP contribution < -0.4 is 10.1 Å². The van der Waals surface area contributed by atoms with Crippen LogP contribution in [0, 0.1) is 0 Å². The molecule has 2 aromatic heterocycles. The molecule has 3 aromatic rings. The Balaban J connectivity index is 1.65. The van der Waals surface area contributed by atoms with Gasteiger partial charge in [0.1, 0.15) is 17.3 Å². The lowest BCUT2D eigenvalue weighted by Crippen LogP contribution is -2.23. The average Bonchev–Trinajstić information content (AvgIpc) is 3.24. The average molecular weight is 327 g/mol. The van der Waals surface area contributed by atoms with Crippen LogP contribution in [0.15, 0.2) is 58.3 Å². The number of amides is 1. The first-order chi connectivity index (χ1) is 11.3. The van der Waals surface area contributed by atoms with E-state index in [9.17, 15) is 4.79 Å². The van der Waals surface area contributed by atoms with Gasteiger partial charge in [-0.1, -0.05) is 18.2 Å². The summed E-state index contributed by atoms with van der Waals surface area (Å²) in [5, 5.41) is 4.87. The highest BCUT2D eigenvalue weighted by Crippen LogP contribution is 2.26. The molecule has 0 atom stereocenters. The fourth-order valence-electron chi connectivity index (χ4n) is 2.22. The van der Waals surface area contributed by atoms with E-state index in [-0.39, 0.29) is 5.91 Å². The van der Waals surface area contributed by atoms with Gasteiger partial charge in [-0.05, 0) is 42.6 Å². The monoisotopic (exact) mass is 327 g/mol. The van der Waals surface area contributed by atoms with Gasteiger partial charge in [0.15, 0.2) is 0 Å². The Bertz CT molecular complexity index is 777. The molecule has 0 bridgehead atoms. The quantitative estimate of drug-likeness (QED) is 0.733. The van der Waals surface area contributed by atoms with E-state index in [0.29, 0.717) is 24.5 Å². The number of thiophene rings is 1. The molecule has 0 radical (unpaired) electrons. The maximum atomic E-state index is 12.3. The van der Waals surface area contributed by atoms with E-state index in [1.54, 1.807) is 23.5 Å². The van der Waals surface area contributed by atoms with E-state index < -0.39 is 0 Å². The number of ether oxygens (including phenoxy) is 1. The number of carbonyl (C=O) groups is 1. The summed E-state index contributed by atoms with van der Waals surface area (Å²) in [7, 11) is 0. The highest BCUT2D eigenvalue weighted by molar-refractivity contribution is 7.13. The van der Waals surface area contributed by atoms with Gasteiger partial charge >= 0.3 is 0 Å². The van der Waals surface area contributed by atoms with Gasteiger partial charge in [-0.3, -0.25) is 4.79 Å². The van der Waals surface area contributed by atoms with Gasteiger partial charge in [0.2, 0.25) is 0 Å². The van der Waals surface area contributed by atoms with Crippen molar-refractivity contribution in [2.24, 2.45) is 0 Å². The van der Waals surface area contributed by atoms with Crippen molar-refractivity contribution >= 4 is 17.2 Å². The SMILES string of the molecule is CCOc1ccccc1C(=O)NCc1ccc(-c2cccs2)o1. The summed E-state index contributed by atoms with van der Waals surface area (Å²) in [6, 6.07) is 15.0. The molecule has 0 spiro atoms. The zero-order chi connectivity index (χ0) is 16.1. The van der Waals surface area contributed by atoms with Gasteiger partial charge < -0.3 is 14.5 Å². The molecule has 0 saturated heterocycles. The third-order valence-electron chi connectivity index (χ3n) is 3.28. The summed E-state index contributed by atoms with van der Waals surface area (Å²) < 4.78 is 11.2. The number of benzene rings is 1. The van der Waals surface area contributed by atoms with Crippen LogP contribution in [0.2, 0.25) is 0 Å². The molecule has 23 heavy (non-hydrogen) atoms. The zero-order valence-electron chi connectivity index (χ0n) is 12.7. The summed E-state index contributed by atoms with van der Waals surface area (Å²) in [5.41, 5.74) is 0.527. The van der Waals surface area contributed by atoms with Gasteiger partial charge in [-0.25, -0.2) is 0 Å². The summed E-state index contributed by atoms with van der Waals surface area (Å²) in [5.74, 6) is 1.95. The van der Waals surface area contributed by atoms with E-state index in [1.807, 2.05) is 48.7 Å². The predicted octanol–water partition coefficient (Wildman–Crippen LogP) is 4.34. The molecule has 0 aliphatic carbocycles. The largest absolute Gasteiger partial charge is 0.493 e. The Morgan fingerprint density at radius 2 is 2.04 bits per heavy atom. The van der Waals surface area contributed by atoms with Gasteiger partial charge in [-0.15, -0.1) is 11.3 Å². The lowest BCUT2D eigenvalue weighted by Gasteiger charge is -2.09. The van der Waals surface area contributed by atoms with Gasteiger partial charge in [0.05, 0.1) is 23.6 Å². The molecule has 0 aliphatic heterocycles. The fourth-order valence-corrected chi connectivity index (χ4v) is 2.91. The number of nitrogens with one attached hydrogen (secondary N) is 1. The Kier molecular flexibility index (Phi) is 4.78. The molecule has 1 N–H and O–H groups in total. The highest BCUT2D eigenvalue weighted by Gasteiger charge is 2.12. The molecule has 1 amide bonds. The van der Waals surface area contributed by atoms with Crippen molar-refractivity contribution in [3.05, 3.63) is 65.2 Å². The van der Waals surface area contributed by atoms with Crippen molar-refractivity contribution in [1.82, 2.24) is 5.32 Å². The van der Waals surface area contributed by atoms with E-state index in [4.69, 9.17) is 9.15 Å².